The van der Waals surface area contributed by atoms with E-state index in [1.807, 2.05) is 6.07 Å². The Morgan fingerprint density at radius 2 is 1.44 bits per heavy atom. The number of esters is 1. The van der Waals surface area contributed by atoms with Crippen LogP contribution < -0.4 is 10.1 Å². The Kier molecular flexibility index (Phi) is 5.81. The molecular weight excluding hydrogens is 410 g/mol. The maximum atomic E-state index is 13.0. The number of ketones is 2. The summed E-state index contributed by atoms with van der Waals surface area (Å²) in [7, 11) is 0. The van der Waals surface area contributed by atoms with E-state index in [4.69, 9.17) is 9.47 Å². The molecule has 0 aromatic heterocycles. The van der Waals surface area contributed by atoms with Gasteiger partial charge in [0.2, 0.25) is 0 Å². The fraction of sp³-hybridized carbons (Fsp3) is 0.120. The van der Waals surface area contributed by atoms with E-state index in [1.165, 1.54) is 13.0 Å². The van der Waals surface area contributed by atoms with Crippen molar-refractivity contribution in [3.8, 4) is 5.75 Å². The Bertz CT molecular complexity index is 1220. The molecule has 1 aliphatic carbocycles. The number of ether oxygens (including phenoxy) is 2. The number of nitrogens with one attached hydrogen (secondary N) is 1. The van der Waals surface area contributed by atoms with Crippen LogP contribution in [0.3, 0.4) is 0 Å². The molecule has 0 bridgehead atoms. The zero-order chi connectivity index (χ0) is 22.7. The number of amides is 1. The molecule has 0 saturated heterocycles. The van der Waals surface area contributed by atoms with Crippen LogP contribution in [0.5, 0.6) is 5.75 Å². The van der Waals surface area contributed by atoms with E-state index in [-0.39, 0.29) is 40.6 Å². The van der Waals surface area contributed by atoms with Crippen LogP contribution >= 0.6 is 0 Å². The highest BCUT2D eigenvalue weighted by atomic mass is 16.6. The smallest absolute Gasteiger partial charge is 0.344 e. The zero-order valence-corrected chi connectivity index (χ0v) is 17.2. The zero-order valence-electron chi connectivity index (χ0n) is 17.2. The van der Waals surface area contributed by atoms with E-state index < -0.39 is 18.0 Å². The molecule has 160 valence electrons. The predicted molar refractivity (Wildman–Crippen MR) is 116 cm³/mol. The Morgan fingerprint density at radius 3 is 2.16 bits per heavy atom. The first-order chi connectivity index (χ1) is 15.5. The number of carbonyl (C=O) groups excluding carboxylic acids is 4. The first-order valence-electron chi connectivity index (χ1n) is 9.95. The van der Waals surface area contributed by atoms with Crippen molar-refractivity contribution in [1.82, 2.24) is 0 Å². The summed E-state index contributed by atoms with van der Waals surface area (Å²) in [6.07, 6.45) is -1.14. The molecule has 0 radical (unpaired) electrons. The monoisotopic (exact) mass is 429 g/mol. The van der Waals surface area contributed by atoms with Crippen molar-refractivity contribution in [3.63, 3.8) is 0 Å². The van der Waals surface area contributed by atoms with Crippen LogP contribution in [-0.2, 0) is 14.3 Å². The average molecular weight is 429 g/mol. The Morgan fingerprint density at radius 1 is 0.812 bits per heavy atom. The van der Waals surface area contributed by atoms with Gasteiger partial charge in [-0.1, -0.05) is 54.6 Å². The summed E-state index contributed by atoms with van der Waals surface area (Å²) >= 11 is 0. The molecular formula is C25H19NO6. The van der Waals surface area contributed by atoms with Gasteiger partial charge in [0.05, 0.1) is 11.3 Å². The lowest BCUT2D eigenvalue weighted by atomic mass is 9.83. The molecule has 0 saturated carbocycles. The molecule has 0 aliphatic heterocycles. The van der Waals surface area contributed by atoms with Crippen molar-refractivity contribution < 1.29 is 28.7 Å². The number of fused-ring (bicyclic) bond motifs is 2. The highest BCUT2D eigenvalue weighted by Crippen LogP contribution is 2.32. The molecule has 0 spiro atoms. The molecule has 1 unspecified atom stereocenters. The van der Waals surface area contributed by atoms with Gasteiger partial charge < -0.3 is 14.8 Å². The number of anilines is 1. The van der Waals surface area contributed by atoms with E-state index >= 15 is 0 Å². The van der Waals surface area contributed by atoms with E-state index in [0.29, 0.717) is 11.3 Å². The molecule has 3 aromatic carbocycles. The lowest BCUT2D eigenvalue weighted by Gasteiger charge is -2.21. The van der Waals surface area contributed by atoms with E-state index in [1.54, 1.807) is 60.7 Å². The van der Waals surface area contributed by atoms with E-state index in [9.17, 15) is 19.2 Å². The molecule has 1 N–H and O–H groups in total. The van der Waals surface area contributed by atoms with Gasteiger partial charge in [-0.15, -0.1) is 0 Å². The minimum Gasteiger partial charge on any atom is -0.482 e. The molecule has 1 atom stereocenters. The molecule has 1 aliphatic rings. The standard InChI is InChI=1S/C25H19NO6/c1-15(32-21(27)14-31-16-8-3-2-4-9-16)25(30)26-20-13-7-12-19-22(20)24(29)18-11-6-5-10-17(18)23(19)28/h2-13,15H,14H2,1H3,(H,26,30). The van der Waals surface area contributed by atoms with Gasteiger partial charge in [-0.3, -0.25) is 14.4 Å². The fourth-order valence-corrected chi connectivity index (χ4v) is 3.43. The second-order valence-corrected chi connectivity index (χ2v) is 7.16. The van der Waals surface area contributed by atoms with Gasteiger partial charge in [0.25, 0.3) is 5.91 Å². The van der Waals surface area contributed by atoms with Gasteiger partial charge in [0.15, 0.2) is 24.3 Å². The van der Waals surface area contributed by atoms with Crippen molar-refractivity contribution in [2.45, 2.75) is 13.0 Å². The summed E-state index contributed by atoms with van der Waals surface area (Å²) in [6, 6.07) is 19.9. The van der Waals surface area contributed by atoms with Crippen LogP contribution in [0, 0.1) is 0 Å². The molecule has 7 heteroatoms. The normalized spacial score (nSPS) is 12.9. The van der Waals surface area contributed by atoms with Crippen LogP contribution in [0.15, 0.2) is 72.8 Å². The molecule has 7 nitrogen and oxygen atoms in total. The topological polar surface area (TPSA) is 98.8 Å². The van der Waals surface area contributed by atoms with Crippen LogP contribution in [0.2, 0.25) is 0 Å². The van der Waals surface area contributed by atoms with Crippen molar-refractivity contribution in [3.05, 3.63) is 95.1 Å². The van der Waals surface area contributed by atoms with E-state index in [2.05, 4.69) is 5.32 Å². The molecule has 4 rings (SSSR count). The molecule has 1 amide bonds. The SMILES string of the molecule is CC(OC(=O)COc1ccccc1)C(=O)Nc1cccc2c1C(=O)c1ccccc1C2=O. The minimum atomic E-state index is -1.14. The third-order valence-corrected chi connectivity index (χ3v) is 4.99. The van der Waals surface area contributed by atoms with Crippen LogP contribution in [-0.4, -0.2) is 36.2 Å². The first-order valence-corrected chi connectivity index (χ1v) is 9.95. The number of carbonyl (C=O) groups is 4. The van der Waals surface area contributed by atoms with Crippen molar-refractivity contribution in [2.75, 3.05) is 11.9 Å². The van der Waals surface area contributed by atoms with Gasteiger partial charge in [0.1, 0.15) is 5.75 Å². The highest BCUT2D eigenvalue weighted by molar-refractivity contribution is 6.30. The Labute approximate surface area is 184 Å². The van der Waals surface area contributed by atoms with Crippen LogP contribution in [0.4, 0.5) is 5.69 Å². The summed E-state index contributed by atoms with van der Waals surface area (Å²) in [5, 5.41) is 2.60. The minimum absolute atomic E-state index is 0.121. The third-order valence-electron chi connectivity index (χ3n) is 4.99. The van der Waals surface area contributed by atoms with Gasteiger partial charge in [0, 0.05) is 16.7 Å². The largest absolute Gasteiger partial charge is 0.482 e. The summed E-state index contributed by atoms with van der Waals surface area (Å²) in [5.74, 6) is -1.49. The van der Waals surface area contributed by atoms with Crippen molar-refractivity contribution in [2.24, 2.45) is 0 Å². The maximum Gasteiger partial charge on any atom is 0.344 e. The Balaban J connectivity index is 1.45. The van der Waals surface area contributed by atoms with Crippen LogP contribution in [0.1, 0.15) is 38.8 Å². The number of rotatable bonds is 6. The summed E-state index contributed by atoms with van der Waals surface area (Å²) in [5.41, 5.74) is 1.13. The van der Waals surface area contributed by atoms with Gasteiger partial charge >= 0.3 is 5.97 Å². The second-order valence-electron chi connectivity index (χ2n) is 7.16. The summed E-state index contributed by atoms with van der Waals surface area (Å²) in [6.45, 7) is 1.06. The molecule has 3 aromatic rings. The van der Waals surface area contributed by atoms with Crippen molar-refractivity contribution >= 4 is 29.1 Å². The average Bonchev–Trinajstić information content (AvgIpc) is 2.81. The predicted octanol–water partition coefficient (Wildman–Crippen LogP) is 3.41. The summed E-state index contributed by atoms with van der Waals surface area (Å²) < 4.78 is 10.4. The van der Waals surface area contributed by atoms with Crippen LogP contribution in [0.25, 0.3) is 0 Å². The lowest BCUT2D eigenvalue weighted by molar-refractivity contribution is -0.155. The molecule has 0 heterocycles. The lowest BCUT2D eigenvalue weighted by Crippen LogP contribution is -2.32. The number of para-hydroxylation sites is 1. The first kappa shape index (κ1) is 21.0. The number of hydrogen-bond acceptors (Lipinski definition) is 6. The van der Waals surface area contributed by atoms with Crippen molar-refractivity contribution in [1.29, 1.82) is 0 Å². The van der Waals surface area contributed by atoms with Gasteiger partial charge in [-0.05, 0) is 25.1 Å². The third kappa shape index (κ3) is 4.13. The number of benzene rings is 3. The second kappa shape index (κ2) is 8.85. The number of hydrogen-bond donors (Lipinski definition) is 1. The quantitative estimate of drug-likeness (QED) is 0.472. The fourth-order valence-electron chi connectivity index (χ4n) is 3.43. The molecule has 32 heavy (non-hydrogen) atoms. The van der Waals surface area contributed by atoms with Gasteiger partial charge in [-0.25, -0.2) is 4.79 Å². The highest BCUT2D eigenvalue weighted by Gasteiger charge is 2.32. The maximum absolute atomic E-state index is 13.0. The molecule has 0 fully saturated rings. The van der Waals surface area contributed by atoms with Gasteiger partial charge in [-0.2, -0.15) is 0 Å². The Hall–Kier alpha value is -4.26. The van der Waals surface area contributed by atoms with E-state index in [0.717, 1.165) is 0 Å². The summed E-state index contributed by atoms with van der Waals surface area (Å²) in [4.78, 5) is 50.5.